The van der Waals surface area contributed by atoms with Gasteiger partial charge in [0.2, 0.25) is 0 Å². The van der Waals surface area contributed by atoms with Crippen molar-refractivity contribution in [3.05, 3.63) is 22.7 Å². The standard InChI is InChI=1S/C10H14N3O14P3/c11-5-1-2-13(8(14)12-5)7-6-10(25-24-6)3-9(10,23-7)4-22-29(18,19)27-30(20,21)26-28(15,16)17/h1-2,6-7H,3-4H2,(H,18,19)(H,20,21)(H2,11,12,14)(H2,15,16,17)/t6-,7+,9+,10-/m0/s1. The van der Waals surface area contributed by atoms with E-state index in [2.05, 4.69) is 18.1 Å². The Kier molecular flexibility index (Phi) is 4.98. The van der Waals surface area contributed by atoms with Crippen molar-refractivity contribution >= 4 is 29.3 Å². The molecule has 2 aliphatic heterocycles. The second kappa shape index (κ2) is 6.73. The maximum Gasteiger partial charge on any atom is 0.490 e. The summed E-state index contributed by atoms with van der Waals surface area (Å²) >= 11 is 0. The molecule has 1 spiro atoms. The maximum atomic E-state index is 12.0. The average molecular weight is 493 g/mol. The molecule has 4 rings (SSSR count). The van der Waals surface area contributed by atoms with Crippen LogP contribution < -0.4 is 11.4 Å². The van der Waals surface area contributed by atoms with Gasteiger partial charge < -0.3 is 30.0 Å². The first-order valence-corrected chi connectivity index (χ1v) is 12.4. The van der Waals surface area contributed by atoms with Crippen molar-refractivity contribution in [2.75, 3.05) is 12.3 Å². The van der Waals surface area contributed by atoms with E-state index in [1.165, 1.54) is 12.3 Å². The molecule has 3 heterocycles. The molecule has 6 atom stereocenters. The summed E-state index contributed by atoms with van der Waals surface area (Å²) in [6.07, 6.45) is -0.428. The molecule has 30 heavy (non-hydrogen) atoms. The Morgan fingerprint density at radius 3 is 2.50 bits per heavy atom. The van der Waals surface area contributed by atoms with E-state index in [1.54, 1.807) is 0 Å². The Morgan fingerprint density at radius 1 is 1.23 bits per heavy atom. The first kappa shape index (κ1) is 22.2. The number of ether oxygens (including phenoxy) is 1. The van der Waals surface area contributed by atoms with Gasteiger partial charge in [0.1, 0.15) is 11.4 Å². The molecule has 0 aromatic carbocycles. The monoisotopic (exact) mass is 493 g/mol. The van der Waals surface area contributed by atoms with Crippen LogP contribution in [0.4, 0.5) is 5.82 Å². The van der Waals surface area contributed by atoms with Crippen LogP contribution in [0.3, 0.4) is 0 Å². The van der Waals surface area contributed by atoms with Crippen molar-refractivity contribution in [2.45, 2.75) is 30.0 Å². The van der Waals surface area contributed by atoms with Crippen LogP contribution in [0.1, 0.15) is 12.6 Å². The van der Waals surface area contributed by atoms with E-state index in [0.717, 1.165) is 4.57 Å². The minimum atomic E-state index is -5.66. The summed E-state index contributed by atoms with van der Waals surface area (Å²) in [5, 5.41) is 0. The summed E-state index contributed by atoms with van der Waals surface area (Å²) < 4.78 is 52.7. The highest BCUT2D eigenvalue weighted by atomic mass is 31.3. The highest BCUT2D eigenvalue weighted by Gasteiger charge is 2.88. The van der Waals surface area contributed by atoms with Crippen molar-refractivity contribution in [1.29, 1.82) is 0 Å². The van der Waals surface area contributed by atoms with Crippen LogP contribution in [0.2, 0.25) is 0 Å². The Bertz CT molecular complexity index is 1090. The largest absolute Gasteiger partial charge is 0.490 e. The molecule has 0 bridgehead atoms. The summed E-state index contributed by atoms with van der Waals surface area (Å²) in [5.74, 6) is -0.0257. The number of anilines is 1. The lowest BCUT2D eigenvalue weighted by Crippen LogP contribution is -2.50. The molecule has 0 radical (unpaired) electrons. The Balaban J connectivity index is 1.46. The molecular formula is C10H14N3O14P3. The fraction of sp³-hybridized carbons (Fsp3) is 0.600. The Labute approximate surface area is 165 Å². The Hall–Kier alpha value is -1.03. The first-order valence-electron chi connectivity index (χ1n) is 7.83. The van der Waals surface area contributed by atoms with Crippen molar-refractivity contribution in [2.24, 2.45) is 0 Å². The highest BCUT2D eigenvalue weighted by Crippen LogP contribution is 2.72. The number of nitrogens with two attached hydrogens (primary N) is 1. The molecule has 2 saturated heterocycles. The third-order valence-corrected chi connectivity index (χ3v) is 8.34. The quantitative estimate of drug-likeness (QED) is 0.213. The average Bonchev–Trinajstić information content (AvgIpc) is 3.15. The molecule has 20 heteroatoms. The smallest absolute Gasteiger partial charge is 0.383 e. The predicted octanol–water partition coefficient (Wildman–Crippen LogP) is -1.09. The molecule has 17 nitrogen and oxygen atoms in total. The Morgan fingerprint density at radius 2 is 1.93 bits per heavy atom. The van der Waals surface area contributed by atoms with Crippen LogP contribution in [0.5, 0.6) is 0 Å². The predicted molar refractivity (Wildman–Crippen MR) is 88.9 cm³/mol. The second-order valence-electron chi connectivity index (χ2n) is 6.58. The molecule has 1 saturated carbocycles. The topological polar surface area (TPSA) is 248 Å². The van der Waals surface area contributed by atoms with Gasteiger partial charge in [-0.2, -0.15) is 13.6 Å². The molecule has 2 unspecified atom stereocenters. The van der Waals surface area contributed by atoms with E-state index in [9.17, 15) is 28.3 Å². The van der Waals surface area contributed by atoms with Crippen LogP contribution in [-0.4, -0.2) is 53.0 Å². The fourth-order valence-corrected chi connectivity index (χ4v) is 6.36. The number of nitrogens with zero attached hydrogens (tertiary/aromatic N) is 2. The van der Waals surface area contributed by atoms with E-state index in [1.807, 2.05) is 0 Å². The lowest BCUT2D eigenvalue weighted by atomic mass is 10.1. The van der Waals surface area contributed by atoms with Crippen LogP contribution in [0, 0.1) is 0 Å². The number of phosphoric acid groups is 3. The summed E-state index contributed by atoms with van der Waals surface area (Å²) in [6, 6.07) is 1.33. The van der Waals surface area contributed by atoms with Gasteiger partial charge in [-0.15, -0.1) is 0 Å². The zero-order chi connectivity index (χ0) is 22.2. The number of hydrogen-bond acceptors (Lipinski definition) is 12. The van der Waals surface area contributed by atoms with Crippen molar-refractivity contribution in [1.82, 2.24) is 9.55 Å². The van der Waals surface area contributed by atoms with Crippen molar-refractivity contribution < 1.29 is 60.9 Å². The lowest BCUT2D eigenvalue weighted by Gasteiger charge is -2.34. The van der Waals surface area contributed by atoms with E-state index < -0.39 is 59.3 Å². The van der Waals surface area contributed by atoms with E-state index >= 15 is 0 Å². The summed E-state index contributed by atoms with van der Waals surface area (Å²) in [4.78, 5) is 61.5. The molecule has 0 amide bonds. The minimum Gasteiger partial charge on any atom is -0.383 e. The van der Waals surface area contributed by atoms with Gasteiger partial charge in [-0.3, -0.25) is 9.09 Å². The van der Waals surface area contributed by atoms with Gasteiger partial charge in [-0.25, -0.2) is 28.3 Å². The number of rotatable bonds is 8. The zero-order valence-corrected chi connectivity index (χ0v) is 17.1. The minimum absolute atomic E-state index is 0.0257. The normalized spacial score (nSPS) is 36.1. The van der Waals surface area contributed by atoms with Gasteiger partial charge in [0.25, 0.3) is 0 Å². The number of hydrogen-bond donors (Lipinski definition) is 5. The maximum absolute atomic E-state index is 12.0. The summed E-state index contributed by atoms with van der Waals surface area (Å²) in [6.45, 7) is -0.732. The lowest BCUT2D eigenvalue weighted by molar-refractivity contribution is -0.482. The molecule has 3 fully saturated rings. The third kappa shape index (κ3) is 3.82. The van der Waals surface area contributed by atoms with Gasteiger partial charge in [0, 0.05) is 12.6 Å². The van der Waals surface area contributed by atoms with Crippen molar-refractivity contribution in [3.63, 3.8) is 0 Å². The van der Waals surface area contributed by atoms with Gasteiger partial charge >= 0.3 is 29.2 Å². The van der Waals surface area contributed by atoms with Gasteiger partial charge in [0.15, 0.2) is 17.9 Å². The molecule has 6 N–H and O–H groups in total. The van der Waals surface area contributed by atoms with Crippen LogP contribution in [-0.2, 0) is 41.4 Å². The van der Waals surface area contributed by atoms with Gasteiger partial charge in [-0.1, -0.05) is 0 Å². The molecule has 1 aliphatic carbocycles. The SMILES string of the molecule is Nc1ccn([C@@H]2O[C@@]3(COP(=O)(O)OP(=O)(O)OP(=O)(O)O)C[C@@]34OO[C@@H]24)c(=O)n1. The van der Waals surface area contributed by atoms with Crippen LogP contribution in [0.25, 0.3) is 0 Å². The third-order valence-electron chi connectivity index (χ3n) is 4.56. The molecule has 3 aliphatic rings. The van der Waals surface area contributed by atoms with Crippen LogP contribution in [0.15, 0.2) is 17.1 Å². The zero-order valence-electron chi connectivity index (χ0n) is 14.4. The molecule has 1 aromatic heterocycles. The highest BCUT2D eigenvalue weighted by molar-refractivity contribution is 7.66. The fourth-order valence-electron chi connectivity index (χ4n) is 3.30. The summed E-state index contributed by atoms with van der Waals surface area (Å²) in [7, 11) is -16.5. The van der Waals surface area contributed by atoms with Crippen molar-refractivity contribution in [3.8, 4) is 0 Å². The van der Waals surface area contributed by atoms with Crippen LogP contribution >= 0.6 is 23.5 Å². The number of aromatic nitrogens is 2. The first-order chi connectivity index (χ1) is 13.7. The number of phosphoric ester groups is 1. The number of nitrogen functional groups attached to an aromatic ring is 1. The van der Waals surface area contributed by atoms with E-state index in [4.69, 9.17) is 30.0 Å². The van der Waals surface area contributed by atoms with Gasteiger partial charge in [-0.05, 0) is 6.07 Å². The summed E-state index contributed by atoms with van der Waals surface area (Å²) in [5.41, 5.74) is 2.17. The second-order valence-corrected chi connectivity index (χ2v) is 11.0. The molecular weight excluding hydrogens is 479 g/mol. The van der Waals surface area contributed by atoms with E-state index in [0.29, 0.717) is 0 Å². The molecule has 1 aromatic rings. The van der Waals surface area contributed by atoms with Gasteiger partial charge in [0.05, 0.1) is 6.61 Å². The molecule has 168 valence electrons. The van der Waals surface area contributed by atoms with E-state index in [-0.39, 0.29) is 12.2 Å².